The number of amides is 2. The molecule has 3 aromatic carbocycles. The number of halogens is 1. The van der Waals surface area contributed by atoms with Gasteiger partial charge in [-0.15, -0.1) is 0 Å². The fraction of sp³-hybridized carbons (Fsp3) is 0.0833. The summed E-state index contributed by atoms with van der Waals surface area (Å²) < 4.78 is 10.7. The predicted molar refractivity (Wildman–Crippen MR) is 119 cm³/mol. The Morgan fingerprint density at radius 2 is 1.71 bits per heavy atom. The molecule has 0 atom stereocenters. The van der Waals surface area contributed by atoms with Crippen molar-refractivity contribution >= 4 is 35.2 Å². The Kier molecular flexibility index (Phi) is 5.91. The molecule has 0 unspecified atom stereocenters. The smallest absolute Gasteiger partial charge is 0.272 e. The van der Waals surface area contributed by atoms with E-state index in [9.17, 15) is 9.59 Å². The summed E-state index contributed by atoms with van der Waals surface area (Å²) in [6.07, 6.45) is 1.57. The van der Waals surface area contributed by atoms with Crippen LogP contribution in [0.5, 0.6) is 11.5 Å². The van der Waals surface area contributed by atoms with Crippen LogP contribution < -0.4 is 20.1 Å². The topological polar surface area (TPSA) is 76.7 Å². The number of carbonyl (C=O) groups is 2. The van der Waals surface area contributed by atoms with Gasteiger partial charge in [0.15, 0.2) is 11.5 Å². The van der Waals surface area contributed by atoms with Crippen LogP contribution in [0, 0.1) is 6.92 Å². The summed E-state index contributed by atoms with van der Waals surface area (Å²) in [7, 11) is 0. The monoisotopic (exact) mass is 434 g/mol. The highest BCUT2D eigenvalue weighted by Crippen LogP contribution is 2.33. The lowest BCUT2D eigenvalue weighted by atomic mass is 10.1. The molecule has 3 aromatic rings. The van der Waals surface area contributed by atoms with E-state index in [1.807, 2.05) is 19.1 Å². The molecule has 2 N–H and O–H groups in total. The van der Waals surface area contributed by atoms with Gasteiger partial charge in [0.2, 0.25) is 6.79 Å². The molecular formula is C24H19ClN2O4. The predicted octanol–water partition coefficient (Wildman–Crippen LogP) is 4.79. The second-order valence-electron chi connectivity index (χ2n) is 6.92. The van der Waals surface area contributed by atoms with Gasteiger partial charge < -0.3 is 20.1 Å². The van der Waals surface area contributed by atoms with Gasteiger partial charge >= 0.3 is 0 Å². The third kappa shape index (κ3) is 4.87. The minimum Gasteiger partial charge on any atom is -0.454 e. The molecule has 6 nitrogen and oxygen atoms in total. The van der Waals surface area contributed by atoms with Crippen LogP contribution in [0.25, 0.3) is 6.08 Å². The summed E-state index contributed by atoms with van der Waals surface area (Å²) in [5.41, 5.74) is 2.67. The number of rotatable bonds is 5. The van der Waals surface area contributed by atoms with Crippen LogP contribution in [-0.4, -0.2) is 18.6 Å². The number of carbonyl (C=O) groups excluding carboxylic acids is 2. The van der Waals surface area contributed by atoms with Gasteiger partial charge in [-0.05, 0) is 55.0 Å². The summed E-state index contributed by atoms with van der Waals surface area (Å²) in [5, 5.41) is 5.77. The molecule has 0 fully saturated rings. The van der Waals surface area contributed by atoms with Gasteiger partial charge in [-0.3, -0.25) is 9.59 Å². The van der Waals surface area contributed by atoms with Crippen molar-refractivity contribution in [2.45, 2.75) is 6.92 Å². The van der Waals surface area contributed by atoms with Gasteiger partial charge in [-0.2, -0.15) is 0 Å². The molecule has 0 bridgehead atoms. The zero-order valence-electron chi connectivity index (χ0n) is 16.6. The largest absolute Gasteiger partial charge is 0.454 e. The molecule has 4 rings (SSSR count). The SMILES string of the molecule is Cc1ccc(NC(=O)C(=Cc2ccc3c(c2)OCO3)NC(=O)c2ccccc2Cl)cc1. The first kappa shape index (κ1) is 20.5. The Labute approximate surface area is 184 Å². The summed E-state index contributed by atoms with van der Waals surface area (Å²) in [5.74, 6) is 0.242. The number of ether oxygens (including phenoxy) is 2. The van der Waals surface area contributed by atoms with Crippen molar-refractivity contribution in [3.05, 3.63) is 94.1 Å². The molecule has 2 amide bonds. The van der Waals surface area contributed by atoms with Gasteiger partial charge in [0.25, 0.3) is 11.8 Å². The highest BCUT2D eigenvalue weighted by Gasteiger charge is 2.18. The lowest BCUT2D eigenvalue weighted by Gasteiger charge is -2.12. The highest BCUT2D eigenvalue weighted by atomic mass is 35.5. The zero-order chi connectivity index (χ0) is 21.8. The number of benzene rings is 3. The summed E-state index contributed by atoms with van der Waals surface area (Å²) in [6, 6.07) is 19.3. The van der Waals surface area contributed by atoms with E-state index < -0.39 is 11.8 Å². The van der Waals surface area contributed by atoms with Crippen molar-refractivity contribution in [1.29, 1.82) is 0 Å². The van der Waals surface area contributed by atoms with Gasteiger partial charge in [-0.25, -0.2) is 0 Å². The summed E-state index contributed by atoms with van der Waals surface area (Å²) in [6.45, 7) is 2.10. The molecule has 0 aromatic heterocycles. The van der Waals surface area contributed by atoms with Crippen LogP contribution in [0.15, 0.2) is 72.4 Å². The van der Waals surface area contributed by atoms with Crippen LogP contribution in [0.2, 0.25) is 5.02 Å². The van der Waals surface area contributed by atoms with Crippen LogP contribution in [0.1, 0.15) is 21.5 Å². The normalized spacial score (nSPS) is 12.4. The number of anilines is 1. The molecule has 1 aliphatic heterocycles. The van der Waals surface area contributed by atoms with Gasteiger partial charge in [0.1, 0.15) is 5.70 Å². The van der Waals surface area contributed by atoms with E-state index in [0.717, 1.165) is 5.56 Å². The molecule has 156 valence electrons. The van der Waals surface area contributed by atoms with Crippen molar-refractivity contribution in [1.82, 2.24) is 5.32 Å². The van der Waals surface area contributed by atoms with E-state index in [4.69, 9.17) is 21.1 Å². The Hall–Kier alpha value is -3.77. The molecule has 0 saturated heterocycles. The van der Waals surface area contributed by atoms with E-state index in [2.05, 4.69) is 10.6 Å². The number of nitrogens with one attached hydrogen (secondary N) is 2. The van der Waals surface area contributed by atoms with Crippen LogP contribution in [0.3, 0.4) is 0 Å². The Morgan fingerprint density at radius 1 is 0.968 bits per heavy atom. The maximum Gasteiger partial charge on any atom is 0.272 e. The molecule has 0 radical (unpaired) electrons. The number of fused-ring (bicyclic) bond motifs is 1. The molecule has 1 aliphatic rings. The van der Waals surface area contributed by atoms with Crippen molar-refractivity contribution in [2.24, 2.45) is 0 Å². The second-order valence-corrected chi connectivity index (χ2v) is 7.33. The molecule has 0 aliphatic carbocycles. The average Bonchev–Trinajstić information content (AvgIpc) is 3.23. The van der Waals surface area contributed by atoms with Crippen molar-refractivity contribution in [3.8, 4) is 11.5 Å². The standard InChI is InChI=1S/C24H19ClN2O4/c1-15-6-9-17(10-7-15)26-24(29)20(27-23(28)18-4-2-3-5-19(18)25)12-16-8-11-21-22(13-16)31-14-30-21/h2-13H,14H2,1H3,(H,26,29)(H,27,28). The molecule has 0 saturated carbocycles. The molecular weight excluding hydrogens is 416 g/mol. The minimum absolute atomic E-state index is 0.0596. The quantitative estimate of drug-likeness (QED) is 0.566. The summed E-state index contributed by atoms with van der Waals surface area (Å²) in [4.78, 5) is 25.8. The fourth-order valence-electron chi connectivity index (χ4n) is 3.00. The van der Waals surface area contributed by atoms with E-state index in [0.29, 0.717) is 27.8 Å². The Balaban J connectivity index is 1.64. The molecule has 7 heteroatoms. The van der Waals surface area contributed by atoms with E-state index in [1.54, 1.807) is 60.7 Å². The van der Waals surface area contributed by atoms with E-state index in [1.165, 1.54) is 0 Å². The molecule has 0 spiro atoms. The third-order valence-electron chi connectivity index (χ3n) is 4.63. The van der Waals surface area contributed by atoms with Gasteiger partial charge in [0, 0.05) is 5.69 Å². The first-order valence-corrected chi connectivity index (χ1v) is 9.92. The van der Waals surface area contributed by atoms with Crippen LogP contribution in [0.4, 0.5) is 5.69 Å². The van der Waals surface area contributed by atoms with E-state index >= 15 is 0 Å². The molecule has 31 heavy (non-hydrogen) atoms. The maximum atomic E-state index is 13.0. The number of hydrogen-bond acceptors (Lipinski definition) is 4. The maximum absolute atomic E-state index is 13.0. The lowest BCUT2D eigenvalue weighted by Crippen LogP contribution is -2.30. The average molecular weight is 435 g/mol. The van der Waals surface area contributed by atoms with Gasteiger partial charge in [-0.1, -0.05) is 47.5 Å². The minimum atomic E-state index is -0.489. The zero-order valence-corrected chi connectivity index (χ0v) is 17.4. The van der Waals surface area contributed by atoms with Crippen molar-refractivity contribution < 1.29 is 19.1 Å². The number of hydrogen-bond donors (Lipinski definition) is 2. The Bertz CT molecular complexity index is 1170. The first-order valence-electron chi connectivity index (χ1n) is 9.55. The molecule has 1 heterocycles. The third-order valence-corrected chi connectivity index (χ3v) is 4.96. The Morgan fingerprint density at radius 3 is 2.48 bits per heavy atom. The van der Waals surface area contributed by atoms with Crippen LogP contribution in [-0.2, 0) is 4.79 Å². The van der Waals surface area contributed by atoms with Crippen LogP contribution >= 0.6 is 11.6 Å². The van der Waals surface area contributed by atoms with Crippen molar-refractivity contribution in [2.75, 3.05) is 12.1 Å². The lowest BCUT2D eigenvalue weighted by molar-refractivity contribution is -0.113. The second kappa shape index (κ2) is 8.93. The van der Waals surface area contributed by atoms with Gasteiger partial charge in [0.05, 0.1) is 10.6 Å². The summed E-state index contributed by atoms with van der Waals surface area (Å²) >= 11 is 6.14. The van der Waals surface area contributed by atoms with E-state index in [-0.39, 0.29) is 18.1 Å². The number of aryl methyl sites for hydroxylation is 1. The van der Waals surface area contributed by atoms with Crippen molar-refractivity contribution in [3.63, 3.8) is 0 Å². The highest BCUT2D eigenvalue weighted by molar-refractivity contribution is 6.34. The first-order chi connectivity index (χ1) is 15.0. The fourth-order valence-corrected chi connectivity index (χ4v) is 3.22.